The zero-order chi connectivity index (χ0) is 13.4. The Balaban J connectivity index is 2.20. The minimum absolute atomic E-state index is 0.225. The molecule has 1 aromatic heterocycles. The molecule has 0 aliphatic heterocycles. The Kier molecular flexibility index (Phi) is 6.10. The van der Waals surface area contributed by atoms with Gasteiger partial charge in [-0.05, 0) is 20.2 Å². The number of rotatable bonds is 7. The number of ether oxygens (including phenoxy) is 1. The van der Waals surface area contributed by atoms with Crippen LogP contribution in [0.5, 0.6) is 0 Å². The second kappa shape index (κ2) is 7.62. The van der Waals surface area contributed by atoms with E-state index in [9.17, 15) is 4.79 Å². The van der Waals surface area contributed by atoms with Crippen molar-refractivity contribution in [3.05, 3.63) is 24.0 Å². The van der Waals surface area contributed by atoms with Crippen LogP contribution in [0.25, 0.3) is 0 Å². The molecule has 0 aliphatic rings. The molecule has 6 heteroatoms. The molecule has 0 radical (unpaired) electrons. The molecule has 1 heterocycles. The zero-order valence-electron chi connectivity index (χ0n) is 10.8. The van der Waals surface area contributed by atoms with Crippen LogP contribution < -0.4 is 11.1 Å². The van der Waals surface area contributed by atoms with E-state index in [2.05, 4.69) is 10.3 Å². The van der Waals surface area contributed by atoms with Crippen molar-refractivity contribution < 1.29 is 9.53 Å². The highest BCUT2D eigenvalue weighted by atomic mass is 16.5. The maximum atomic E-state index is 11.7. The highest BCUT2D eigenvalue weighted by molar-refractivity contribution is 5.98. The number of hydrogen-bond acceptors (Lipinski definition) is 5. The average molecular weight is 252 g/mol. The fraction of sp³-hybridized carbons (Fsp3) is 0.500. The van der Waals surface area contributed by atoms with Gasteiger partial charge in [-0.15, -0.1) is 0 Å². The van der Waals surface area contributed by atoms with Crippen LogP contribution in [-0.2, 0) is 4.74 Å². The molecule has 1 amide bonds. The van der Waals surface area contributed by atoms with Crippen LogP contribution >= 0.6 is 0 Å². The Morgan fingerprint density at radius 3 is 2.94 bits per heavy atom. The molecule has 1 rings (SSSR count). The van der Waals surface area contributed by atoms with Gasteiger partial charge in [-0.25, -0.2) is 0 Å². The van der Waals surface area contributed by atoms with E-state index in [0.29, 0.717) is 31.0 Å². The molecule has 0 aliphatic carbocycles. The van der Waals surface area contributed by atoms with E-state index >= 15 is 0 Å². The lowest BCUT2D eigenvalue weighted by molar-refractivity contribution is 0.0900. The number of likely N-dealkylation sites (N-methyl/N-ethyl adjacent to an activating group) is 1. The normalized spacial score (nSPS) is 10.6. The third-order valence-corrected chi connectivity index (χ3v) is 2.31. The topological polar surface area (TPSA) is 80.5 Å². The molecule has 6 nitrogen and oxygen atoms in total. The first-order valence-electron chi connectivity index (χ1n) is 5.81. The maximum Gasteiger partial charge on any atom is 0.255 e. The summed E-state index contributed by atoms with van der Waals surface area (Å²) in [5.41, 5.74) is 6.49. The van der Waals surface area contributed by atoms with E-state index in [4.69, 9.17) is 10.5 Å². The van der Waals surface area contributed by atoms with Gasteiger partial charge in [-0.3, -0.25) is 9.78 Å². The molecule has 0 unspecified atom stereocenters. The van der Waals surface area contributed by atoms with Gasteiger partial charge in [0.25, 0.3) is 5.91 Å². The molecule has 0 spiro atoms. The Bertz CT molecular complexity index is 382. The molecule has 0 fully saturated rings. The van der Waals surface area contributed by atoms with E-state index in [1.54, 1.807) is 12.3 Å². The van der Waals surface area contributed by atoms with Crippen molar-refractivity contribution in [2.45, 2.75) is 0 Å². The Morgan fingerprint density at radius 2 is 2.28 bits per heavy atom. The highest BCUT2D eigenvalue weighted by Crippen LogP contribution is 2.07. The summed E-state index contributed by atoms with van der Waals surface area (Å²) in [5.74, 6) is -0.225. The number of carbonyl (C=O) groups is 1. The predicted molar refractivity (Wildman–Crippen MR) is 70.4 cm³/mol. The van der Waals surface area contributed by atoms with E-state index < -0.39 is 0 Å². The van der Waals surface area contributed by atoms with Gasteiger partial charge in [0.2, 0.25) is 0 Å². The third-order valence-electron chi connectivity index (χ3n) is 2.31. The van der Waals surface area contributed by atoms with E-state index in [-0.39, 0.29) is 5.91 Å². The lowest BCUT2D eigenvalue weighted by Crippen LogP contribution is -2.29. The van der Waals surface area contributed by atoms with Crippen LogP contribution in [0.4, 0.5) is 5.69 Å². The van der Waals surface area contributed by atoms with Gasteiger partial charge >= 0.3 is 0 Å². The van der Waals surface area contributed by atoms with Crippen molar-refractivity contribution in [3.63, 3.8) is 0 Å². The number of nitrogen functional groups attached to an aromatic ring is 1. The molecule has 0 atom stereocenters. The van der Waals surface area contributed by atoms with Crippen molar-refractivity contribution in [1.82, 2.24) is 15.2 Å². The SMILES string of the molecule is CN(C)CCOCCNC(=O)c1cnccc1N. The summed E-state index contributed by atoms with van der Waals surface area (Å²) >= 11 is 0. The lowest BCUT2D eigenvalue weighted by Gasteiger charge is -2.10. The molecule has 0 saturated carbocycles. The number of amides is 1. The van der Waals surface area contributed by atoms with Crippen LogP contribution in [0.1, 0.15) is 10.4 Å². The van der Waals surface area contributed by atoms with Gasteiger partial charge in [-0.2, -0.15) is 0 Å². The van der Waals surface area contributed by atoms with Gasteiger partial charge in [0, 0.05) is 31.2 Å². The molecule has 18 heavy (non-hydrogen) atoms. The van der Waals surface area contributed by atoms with Gasteiger partial charge in [0.1, 0.15) is 0 Å². The molecule has 0 bridgehead atoms. The van der Waals surface area contributed by atoms with Crippen LogP contribution in [0.3, 0.4) is 0 Å². The molecule has 1 aromatic rings. The van der Waals surface area contributed by atoms with Gasteiger partial charge in [0.05, 0.1) is 18.8 Å². The smallest absolute Gasteiger partial charge is 0.255 e. The van der Waals surface area contributed by atoms with Crippen molar-refractivity contribution in [2.24, 2.45) is 0 Å². The minimum Gasteiger partial charge on any atom is -0.398 e. The number of nitrogens with one attached hydrogen (secondary N) is 1. The van der Waals surface area contributed by atoms with Crippen LogP contribution in [0.15, 0.2) is 18.5 Å². The first-order chi connectivity index (χ1) is 8.61. The van der Waals surface area contributed by atoms with Crippen LogP contribution in [0, 0.1) is 0 Å². The van der Waals surface area contributed by atoms with E-state index in [1.165, 1.54) is 6.20 Å². The lowest BCUT2D eigenvalue weighted by atomic mass is 10.2. The molecule has 0 saturated heterocycles. The third kappa shape index (κ3) is 5.11. The predicted octanol–water partition coefficient (Wildman–Crippen LogP) is -0.0282. The monoisotopic (exact) mass is 252 g/mol. The van der Waals surface area contributed by atoms with Crippen molar-refractivity contribution >= 4 is 11.6 Å². The summed E-state index contributed by atoms with van der Waals surface area (Å²) in [5, 5.41) is 2.73. The second-order valence-electron chi connectivity index (χ2n) is 4.13. The fourth-order valence-corrected chi connectivity index (χ4v) is 1.28. The van der Waals surface area contributed by atoms with Gasteiger partial charge < -0.3 is 20.7 Å². The van der Waals surface area contributed by atoms with E-state index in [1.807, 2.05) is 19.0 Å². The minimum atomic E-state index is -0.225. The van der Waals surface area contributed by atoms with Crippen molar-refractivity contribution in [2.75, 3.05) is 46.1 Å². The molecular weight excluding hydrogens is 232 g/mol. The number of aromatic nitrogens is 1. The fourth-order valence-electron chi connectivity index (χ4n) is 1.28. The van der Waals surface area contributed by atoms with Crippen molar-refractivity contribution in [3.8, 4) is 0 Å². The Hall–Kier alpha value is -1.66. The van der Waals surface area contributed by atoms with E-state index in [0.717, 1.165) is 6.54 Å². The summed E-state index contributed by atoms with van der Waals surface area (Å²) < 4.78 is 5.36. The Labute approximate surface area is 107 Å². The molecule has 3 N–H and O–H groups in total. The summed E-state index contributed by atoms with van der Waals surface area (Å²) in [6, 6.07) is 1.60. The summed E-state index contributed by atoms with van der Waals surface area (Å²) in [4.78, 5) is 17.6. The first-order valence-corrected chi connectivity index (χ1v) is 5.81. The summed E-state index contributed by atoms with van der Waals surface area (Å²) in [7, 11) is 3.96. The number of hydrogen-bond donors (Lipinski definition) is 2. The number of nitrogens with zero attached hydrogens (tertiary/aromatic N) is 2. The highest BCUT2D eigenvalue weighted by Gasteiger charge is 2.08. The summed E-state index contributed by atoms with van der Waals surface area (Å²) in [6.07, 6.45) is 3.01. The average Bonchev–Trinajstić information content (AvgIpc) is 2.33. The quantitative estimate of drug-likeness (QED) is 0.666. The number of anilines is 1. The number of carbonyl (C=O) groups excluding carboxylic acids is 1. The maximum absolute atomic E-state index is 11.7. The van der Waals surface area contributed by atoms with Crippen molar-refractivity contribution in [1.29, 1.82) is 0 Å². The first kappa shape index (κ1) is 14.4. The zero-order valence-corrected chi connectivity index (χ0v) is 10.8. The molecular formula is C12H20N4O2. The molecule has 100 valence electrons. The number of pyridine rings is 1. The van der Waals surface area contributed by atoms with Crippen LogP contribution in [-0.4, -0.2) is 56.2 Å². The standard InChI is InChI=1S/C12H20N4O2/c1-16(2)6-8-18-7-5-15-12(17)10-9-14-4-3-11(10)13/h3-4,9H,5-8H2,1-2H3,(H2,13,14)(H,15,17). The van der Waals surface area contributed by atoms with Gasteiger partial charge in [-0.1, -0.05) is 0 Å². The van der Waals surface area contributed by atoms with Crippen LogP contribution in [0.2, 0.25) is 0 Å². The molecule has 0 aromatic carbocycles. The largest absolute Gasteiger partial charge is 0.398 e. The second-order valence-corrected chi connectivity index (χ2v) is 4.13. The number of nitrogens with two attached hydrogens (primary N) is 1. The Morgan fingerprint density at radius 1 is 1.50 bits per heavy atom. The van der Waals surface area contributed by atoms with Gasteiger partial charge in [0.15, 0.2) is 0 Å². The summed E-state index contributed by atoms with van der Waals surface area (Å²) in [6.45, 7) is 2.46.